The zero-order chi connectivity index (χ0) is 23.2. The van der Waals surface area contributed by atoms with E-state index in [1.54, 1.807) is 0 Å². The van der Waals surface area contributed by atoms with Crippen molar-refractivity contribution < 1.29 is 41.1 Å². The molecule has 2 rings (SSSR count). The molecule has 2 aromatic carbocycles. The summed E-state index contributed by atoms with van der Waals surface area (Å²) in [5.74, 6) is -2.91. The van der Waals surface area contributed by atoms with E-state index in [-0.39, 0.29) is 21.8 Å². The SMILES string of the molecule is CN(C)S(=O)(=O)c1cccc(C(=O)OCC(=O)NC(=O)c2ccc(OC(F)F)cc2)c1. The monoisotopic (exact) mass is 456 g/mol. The maximum atomic E-state index is 12.1. The van der Waals surface area contributed by atoms with Gasteiger partial charge in [-0.15, -0.1) is 0 Å². The summed E-state index contributed by atoms with van der Waals surface area (Å²) < 4.78 is 58.4. The summed E-state index contributed by atoms with van der Waals surface area (Å²) >= 11 is 0. The standard InChI is InChI=1S/C19H18F2N2O7S/c1-23(2)31(27,28)15-5-3-4-13(10-15)18(26)29-11-16(24)22-17(25)12-6-8-14(9-7-12)30-19(20)21/h3-10,19H,11H2,1-2H3,(H,22,24,25). The summed E-state index contributed by atoms with van der Waals surface area (Å²) in [5.41, 5.74) is -0.112. The molecule has 0 aliphatic rings. The molecule has 0 atom stereocenters. The Kier molecular flexibility index (Phi) is 7.78. The quantitative estimate of drug-likeness (QED) is 0.600. The second-order valence-electron chi connectivity index (χ2n) is 6.17. The van der Waals surface area contributed by atoms with Crippen LogP contribution in [0.3, 0.4) is 0 Å². The largest absolute Gasteiger partial charge is 0.452 e. The number of rotatable bonds is 8. The zero-order valence-corrected chi connectivity index (χ0v) is 17.2. The first-order valence-corrected chi connectivity index (χ1v) is 10.0. The van der Waals surface area contributed by atoms with E-state index < -0.39 is 41.0 Å². The third-order valence-corrected chi connectivity index (χ3v) is 5.59. The van der Waals surface area contributed by atoms with E-state index >= 15 is 0 Å². The van der Waals surface area contributed by atoms with Crippen LogP contribution in [0.15, 0.2) is 53.4 Å². The molecule has 12 heteroatoms. The molecule has 0 unspecified atom stereocenters. The lowest BCUT2D eigenvalue weighted by molar-refractivity contribution is -0.123. The molecule has 0 saturated heterocycles. The Morgan fingerprint density at radius 2 is 1.68 bits per heavy atom. The summed E-state index contributed by atoms with van der Waals surface area (Å²) in [5, 5.41) is 1.97. The Hall–Kier alpha value is -3.38. The number of nitrogens with zero attached hydrogens (tertiary/aromatic N) is 1. The van der Waals surface area contributed by atoms with Crippen molar-refractivity contribution in [2.45, 2.75) is 11.5 Å². The molecule has 2 aromatic rings. The maximum Gasteiger partial charge on any atom is 0.387 e. The Labute approximate surface area is 176 Å². The van der Waals surface area contributed by atoms with Crippen molar-refractivity contribution in [3.8, 4) is 5.75 Å². The molecule has 0 aromatic heterocycles. The first kappa shape index (κ1) is 23.9. The maximum absolute atomic E-state index is 12.1. The van der Waals surface area contributed by atoms with Crippen LogP contribution in [0.5, 0.6) is 5.75 Å². The van der Waals surface area contributed by atoms with Crippen LogP contribution >= 0.6 is 0 Å². The zero-order valence-electron chi connectivity index (χ0n) is 16.4. The molecule has 31 heavy (non-hydrogen) atoms. The van der Waals surface area contributed by atoms with Crippen LogP contribution in [0.1, 0.15) is 20.7 Å². The lowest BCUT2D eigenvalue weighted by atomic mass is 10.2. The van der Waals surface area contributed by atoms with Crippen molar-refractivity contribution in [1.29, 1.82) is 0 Å². The van der Waals surface area contributed by atoms with Gasteiger partial charge < -0.3 is 9.47 Å². The van der Waals surface area contributed by atoms with E-state index in [0.29, 0.717) is 0 Å². The second-order valence-corrected chi connectivity index (χ2v) is 8.32. The van der Waals surface area contributed by atoms with Crippen molar-refractivity contribution in [1.82, 2.24) is 9.62 Å². The van der Waals surface area contributed by atoms with E-state index in [1.165, 1.54) is 44.4 Å². The van der Waals surface area contributed by atoms with Crippen molar-refractivity contribution in [3.05, 3.63) is 59.7 Å². The number of amides is 2. The third-order valence-electron chi connectivity index (χ3n) is 3.78. The van der Waals surface area contributed by atoms with Crippen LogP contribution in [-0.4, -0.2) is 57.8 Å². The highest BCUT2D eigenvalue weighted by molar-refractivity contribution is 7.89. The Bertz CT molecular complexity index is 1070. The van der Waals surface area contributed by atoms with Crippen molar-refractivity contribution in [3.63, 3.8) is 0 Å². The molecular weight excluding hydrogens is 438 g/mol. The van der Waals surface area contributed by atoms with Crippen LogP contribution in [0.4, 0.5) is 8.78 Å². The van der Waals surface area contributed by atoms with Crippen molar-refractivity contribution >= 4 is 27.8 Å². The summed E-state index contributed by atoms with van der Waals surface area (Å²) in [6.07, 6.45) is 0. The van der Waals surface area contributed by atoms with Crippen LogP contribution in [0, 0.1) is 0 Å². The lowest BCUT2D eigenvalue weighted by Crippen LogP contribution is -2.34. The van der Waals surface area contributed by atoms with Crippen LogP contribution in [-0.2, 0) is 19.6 Å². The van der Waals surface area contributed by atoms with Gasteiger partial charge in [0.25, 0.3) is 11.8 Å². The predicted octanol–water partition coefficient (Wildman–Crippen LogP) is 1.65. The number of alkyl halides is 2. The molecule has 0 bridgehead atoms. The number of halogens is 2. The number of ether oxygens (including phenoxy) is 2. The molecule has 166 valence electrons. The smallest absolute Gasteiger partial charge is 0.387 e. The molecular formula is C19H18F2N2O7S. The average Bonchev–Trinajstić information content (AvgIpc) is 2.72. The number of esters is 1. The van der Waals surface area contributed by atoms with Gasteiger partial charge in [0.2, 0.25) is 10.0 Å². The molecule has 2 amide bonds. The molecule has 0 aliphatic heterocycles. The number of benzene rings is 2. The average molecular weight is 456 g/mol. The van der Waals surface area contributed by atoms with Gasteiger partial charge >= 0.3 is 12.6 Å². The first-order chi connectivity index (χ1) is 14.5. The van der Waals surface area contributed by atoms with E-state index in [0.717, 1.165) is 22.5 Å². The third kappa shape index (κ3) is 6.55. The number of sulfonamides is 1. The van der Waals surface area contributed by atoms with Crippen LogP contribution < -0.4 is 10.1 Å². The minimum Gasteiger partial charge on any atom is -0.452 e. The number of nitrogens with one attached hydrogen (secondary N) is 1. The van der Waals surface area contributed by atoms with Gasteiger partial charge in [-0.3, -0.25) is 14.9 Å². The highest BCUT2D eigenvalue weighted by Crippen LogP contribution is 2.16. The highest BCUT2D eigenvalue weighted by Gasteiger charge is 2.20. The van der Waals surface area contributed by atoms with E-state index in [1.807, 2.05) is 5.32 Å². The molecule has 1 N–H and O–H groups in total. The predicted molar refractivity (Wildman–Crippen MR) is 103 cm³/mol. The summed E-state index contributed by atoms with van der Waals surface area (Å²) in [6.45, 7) is -3.82. The number of carbonyl (C=O) groups excluding carboxylic acids is 3. The fourth-order valence-electron chi connectivity index (χ4n) is 2.23. The van der Waals surface area contributed by atoms with Gasteiger partial charge in [0, 0.05) is 19.7 Å². The summed E-state index contributed by atoms with van der Waals surface area (Å²) in [6, 6.07) is 9.65. The van der Waals surface area contributed by atoms with Gasteiger partial charge in [0.1, 0.15) is 5.75 Å². The second kappa shape index (κ2) is 10.1. The highest BCUT2D eigenvalue weighted by atomic mass is 32.2. The van der Waals surface area contributed by atoms with Gasteiger partial charge in [-0.25, -0.2) is 17.5 Å². The van der Waals surface area contributed by atoms with Crippen LogP contribution in [0.2, 0.25) is 0 Å². The van der Waals surface area contributed by atoms with Crippen LogP contribution in [0.25, 0.3) is 0 Å². The lowest BCUT2D eigenvalue weighted by Gasteiger charge is -2.12. The fraction of sp³-hybridized carbons (Fsp3) is 0.211. The van der Waals surface area contributed by atoms with Gasteiger partial charge in [0.15, 0.2) is 6.61 Å². The van der Waals surface area contributed by atoms with Crippen molar-refractivity contribution in [2.24, 2.45) is 0 Å². The topological polar surface area (TPSA) is 119 Å². The number of imide groups is 1. The normalized spacial score (nSPS) is 11.3. The molecule has 0 spiro atoms. The fourth-order valence-corrected chi connectivity index (χ4v) is 3.18. The molecule has 0 aliphatic carbocycles. The minimum absolute atomic E-state index is 0.0112. The Morgan fingerprint density at radius 1 is 1.03 bits per heavy atom. The Balaban J connectivity index is 1.94. The van der Waals surface area contributed by atoms with Gasteiger partial charge in [-0.1, -0.05) is 6.07 Å². The number of hydrogen-bond acceptors (Lipinski definition) is 7. The molecule has 0 heterocycles. The van der Waals surface area contributed by atoms with Gasteiger partial charge in [-0.05, 0) is 42.5 Å². The van der Waals surface area contributed by atoms with Gasteiger partial charge in [0.05, 0.1) is 10.5 Å². The van der Waals surface area contributed by atoms with E-state index in [9.17, 15) is 31.6 Å². The first-order valence-electron chi connectivity index (χ1n) is 8.59. The van der Waals surface area contributed by atoms with E-state index in [4.69, 9.17) is 4.74 Å². The summed E-state index contributed by atoms with van der Waals surface area (Å²) in [7, 11) is -1.10. The number of hydrogen-bond donors (Lipinski definition) is 1. The molecule has 0 radical (unpaired) electrons. The number of carbonyl (C=O) groups is 3. The molecule has 9 nitrogen and oxygen atoms in total. The minimum atomic E-state index is -3.77. The summed E-state index contributed by atoms with van der Waals surface area (Å²) in [4.78, 5) is 35.8. The van der Waals surface area contributed by atoms with Crippen molar-refractivity contribution in [2.75, 3.05) is 20.7 Å². The van der Waals surface area contributed by atoms with Gasteiger partial charge in [-0.2, -0.15) is 8.78 Å². The molecule has 0 saturated carbocycles. The van der Waals surface area contributed by atoms with E-state index in [2.05, 4.69) is 4.74 Å². The Morgan fingerprint density at radius 3 is 2.26 bits per heavy atom. The molecule has 0 fully saturated rings.